The lowest BCUT2D eigenvalue weighted by Gasteiger charge is -2.23. The number of hydrogen-bond acceptors (Lipinski definition) is 3. The predicted molar refractivity (Wildman–Crippen MR) is 64.4 cm³/mol. The third-order valence-electron chi connectivity index (χ3n) is 2.79. The Morgan fingerprint density at radius 1 is 1.50 bits per heavy atom. The van der Waals surface area contributed by atoms with E-state index >= 15 is 0 Å². The van der Waals surface area contributed by atoms with Gasteiger partial charge in [0.05, 0.1) is 18.7 Å². The van der Waals surface area contributed by atoms with Crippen molar-refractivity contribution >= 4 is 11.6 Å². The summed E-state index contributed by atoms with van der Waals surface area (Å²) in [6.45, 7) is 4.51. The van der Waals surface area contributed by atoms with Crippen molar-refractivity contribution < 1.29 is 9.47 Å². The number of hydrogen-bond donors (Lipinski definition) is 1. The third kappa shape index (κ3) is 1.74. The van der Waals surface area contributed by atoms with Gasteiger partial charge in [-0.05, 0) is 25.5 Å². The number of methoxy groups -OCH3 is 1. The van der Waals surface area contributed by atoms with Crippen LogP contribution in [0.3, 0.4) is 0 Å². The molecule has 0 amide bonds. The summed E-state index contributed by atoms with van der Waals surface area (Å²) in [7, 11) is 1.62. The minimum Gasteiger partial charge on any atom is -0.493 e. The maximum absolute atomic E-state index is 6.35. The molecule has 0 saturated heterocycles. The molecule has 3 nitrogen and oxygen atoms in total. The van der Waals surface area contributed by atoms with Crippen molar-refractivity contribution in [1.29, 1.82) is 0 Å². The van der Waals surface area contributed by atoms with Gasteiger partial charge in [-0.25, -0.2) is 0 Å². The second-order valence-electron chi connectivity index (χ2n) is 4.57. The van der Waals surface area contributed by atoms with Crippen molar-refractivity contribution in [1.82, 2.24) is 0 Å². The summed E-state index contributed by atoms with van der Waals surface area (Å²) in [5.74, 6) is 1.48. The SMILES string of the molecule is COc1cc(C(C)(C)N)c(Cl)c2c1OCC2. The molecule has 0 aliphatic carbocycles. The molecule has 1 aliphatic rings. The van der Waals surface area contributed by atoms with Crippen LogP contribution in [0.15, 0.2) is 6.07 Å². The van der Waals surface area contributed by atoms with Gasteiger partial charge < -0.3 is 15.2 Å². The zero-order valence-corrected chi connectivity index (χ0v) is 10.5. The van der Waals surface area contributed by atoms with Gasteiger partial charge in [0.15, 0.2) is 11.5 Å². The van der Waals surface area contributed by atoms with Gasteiger partial charge in [0.1, 0.15) is 0 Å². The van der Waals surface area contributed by atoms with Crippen molar-refractivity contribution in [3.8, 4) is 11.5 Å². The Labute approximate surface area is 100 Å². The van der Waals surface area contributed by atoms with E-state index in [1.165, 1.54) is 0 Å². The molecule has 0 spiro atoms. The van der Waals surface area contributed by atoms with Gasteiger partial charge in [-0.2, -0.15) is 0 Å². The van der Waals surface area contributed by atoms with Gasteiger partial charge in [0.25, 0.3) is 0 Å². The van der Waals surface area contributed by atoms with Crippen molar-refractivity contribution in [2.75, 3.05) is 13.7 Å². The highest BCUT2D eigenvalue weighted by molar-refractivity contribution is 6.32. The van der Waals surface area contributed by atoms with Crippen LogP contribution in [0, 0.1) is 0 Å². The largest absolute Gasteiger partial charge is 0.493 e. The monoisotopic (exact) mass is 241 g/mol. The van der Waals surface area contributed by atoms with E-state index in [0.29, 0.717) is 17.4 Å². The molecule has 1 aromatic rings. The number of fused-ring (bicyclic) bond motifs is 1. The molecule has 1 aliphatic heterocycles. The maximum atomic E-state index is 6.35. The number of halogens is 1. The van der Waals surface area contributed by atoms with Crippen LogP contribution < -0.4 is 15.2 Å². The Morgan fingerprint density at radius 3 is 2.75 bits per heavy atom. The van der Waals surface area contributed by atoms with Gasteiger partial charge >= 0.3 is 0 Å². The molecule has 2 rings (SSSR count). The second kappa shape index (κ2) is 3.82. The first-order valence-corrected chi connectivity index (χ1v) is 5.64. The van der Waals surface area contributed by atoms with E-state index < -0.39 is 5.54 Å². The Kier molecular flexibility index (Phi) is 2.76. The van der Waals surface area contributed by atoms with Crippen LogP contribution >= 0.6 is 11.6 Å². The quantitative estimate of drug-likeness (QED) is 0.865. The lowest BCUT2D eigenvalue weighted by molar-refractivity contribution is 0.325. The van der Waals surface area contributed by atoms with Crippen molar-refractivity contribution in [2.24, 2.45) is 5.73 Å². The molecule has 0 atom stereocenters. The molecule has 0 radical (unpaired) electrons. The van der Waals surface area contributed by atoms with Crippen LogP contribution in [0.5, 0.6) is 11.5 Å². The van der Waals surface area contributed by atoms with E-state index in [2.05, 4.69) is 0 Å². The molecule has 0 fully saturated rings. The standard InChI is InChI=1S/C12H16ClNO2/c1-12(2,14)8-6-9(15-3)11-7(10(8)13)4-5-16-11/h6H,4-5,14H2,1-3H3. The minimum absolute atomic E-state index is 0.484. The van der Waals surface area contributed by atoms with Crippen molar-refractivity contribution in [3.63, 3.8) is 0 Å². The summed E-state index contributed by atoms with van der Waals surface area (Å²) in [4.78, 5) is 0. The number of ether oxygens (including phenoxy) is 2. The van der Waals surface area contributed by atoms with E-state index in [-0.39, 0.29) is 0 Å². The van der Waals surface area contributed by atoms with E-state index in [0.717, 1.165) is 23.3 Å². The average Bonchev–Trinajstić information content (AvgIpc) is 2.65. The highest BCUT2D eigenvalue weighted by Gasteiger charge is 2.28. The Morgan fingerprint density at radius 2 is 2.19 bits per heavy atom. The topological polar surface area (TPSA) is 44.5 Å². The summed E-state index contributed by atoms with van der Waals surface area (Å²) in [5, 5.41) is 0.709. The maximum Gasteiger partial charge on any atom is 0.165 e. The lowest BCUT2D eigenvalue weighted by atomic mass is 9.93. The smallest absolute Gasteiger partial charge is 0.165 e. The Hall–Kier alpha value is -0.930. The van der Waals surface area contributed by atoms with E-state index in [1.807, 2.05) is 19.9 Å². The number of nitrogens with two attached hydrogens (primary N) is 1. The van der Waals surface area contributed by atoms with Crippen LogP contribution in [0.2, 0.25) is 5.02 Å². The first-order valence-electron chi connectivity index (χ1n) is 5.26. The second-order valence-corrected chi connectivity index (χ2v) is 4.95. The Bertz CT molecular complexity index is 424. The van der Waals surface area contributed by atoms with Gasteiger partial charge in [-0.3, -0.25) is 0 Å². The fraction of sp³-hybridized carbons (Fsp3) is 0.500. The number of rotatable bonds is 2. The van der Waals surface area contributed by atoms with Crippen LogP contribution in [-0.2, 0) is 12.0 Å². The molecule has 0 saturated carbocycles. The van der Waals surface area contributed by atoms with Gasteiger partial charge in [0.2, 0.25) is 0 Å². The molecule has 1 heterocycles. The predicted octanol–water partition coefficient (Wildman–Crippen LogP) is 2.48. The highest BCUT2D eigenvalue weighted by atomic mass is 35.5. The third-order valence-corrected chi connectivity index (χ3v) is 3.22. The summed E-state index contributed by atoms with van der Waals surface area (Å²) in [5.41, 5.74) is 7.52. The molecule has 88 valence electrons. The highest BCUT2D eigenvalue weighted by Crippen LogP contribution is 2.44. The van der Waals surface area contributed by atoms with Crippen LogP contribution in [0.4, 0.5) is 0 Å². The van der Waals surface area contributed by atoms with Crippen LogP contribution in [0.1, 0.15) is 25.0 Å². The van der Waals surface area contributed by atoms with Gasteiger partial charge in [-0.15, -0.1) is 0 Å². The van der Waals surface area contributed by atoms with Gasteiger partial charge in [-0.1, -0.05) is 11.6 Å². The molecule has 1 aromatic carbocycles. The van der Waals surface area contributed by atoms with Crippen LogP contribution in [0.25, 0.3) is 0 Å². The average molecular weight is 242 g/mol. The van der Waals surface area contributed by atoms with E-state index in [1.54, 1.807) is 7.11 Å². The van der Waals surface area contributed by atoms with E-state index in [4.69, 9.17) is 26.8 Å². The van der Waals surface area contributed by atoms with Crippen molar-refractivity contribution in [2.45, 2.75) is 25.8 Å². The molecule has 0 aromatic heterocycles. The first-order chi connectivity index (χ1) is 7.45. The molecule has 4 heteroatoms. The molecule has 0 bridgehead atoms. The minimum atomic E-state index is -0.484. The fourth-order valence-electron chi connectivity index (χ4n) is 1.93. The zero-order valence-electron chi connectivity index (χ0n) is 9.76. The normalized spacial score (nSPS) is 14.6. The Balaban J connectivity index is 2.65. The van der Waals surface area contributed by atoms with E-state index in [9.17, 15) is 0 Å². The fourth-order valence-corrected chi connectivity index (χ4v) is 2.41. The molecule has 16 heavy (non-hydrogen) atoms. The summed E-state index contributed by atoms with van der Waals surface area (Å²) >= 11 is 6.35. The summed E-state index contributed by atoms with van der Waals surface area (Å²) in [6.07, 6.45) is 0.814. The van der Waals surface area contributed by atoms with Crippen LogP contribution in [-0.4, -0.2) is 13.7 Å². The molecule has 2 N–H and O–H groups in total. The number of benzene rings is 1. The van der Waals surface area contributed by atoms with Gasteiger partial charge in [0, 0.05) is 17.5 Å². The summed E-state index contributed by atoms with van der Waals surface area (Å²) in [6, 6.07) is 1.87. The molecular formula is C12H16ClNO2. The molecular weight excluding hydrogens is 226 g/mol. The molecule has 0 unspecified atom stereocenters. The lowest BCUT2D eigenvalue weighted by Crippen LogP contribution is -2.29. The summed E-state index contributed by atoms with van der Waals surface area (Å²) < 4.78 is 10.8. The van der Waals surface area contributed by atoms with Crippen molar-refractivity contribution in [3.05, 3.63) is 22.2 Å². The zero-order chi connectivity index (χ0) is 11.9. The first kappa shape index (κ1) is 11.6.